The quantitative estimate of drug-likeness (QED) is 0.626. The number of carbonyl (C=O) groups excluding carboxylic acids is 2. The van der Waals surface area contributed by atoms with Gasteiger partial charge in [0.2, 0.25) is 0 Å². The molecule has 142 valence electrons. The predicted molar refractivity (Wildman–Crippen MR) is 98.2 cm³/mol. The van der Waals surface area contributed by atoms with Gasteiger partial charge in [-0.3, -0.25) is 4.79 Å². The standard InChI is InChI=1S/C20H22FN3O3/c1-3-12-22-19(25)13(2)27-20(26)18-16-6-4-5-7-17(16)24(23-18)15-10-8-14(21)9-11-15/h3,8-11,13H,1,4-7,12H2,2H3,(H,22,25). The molecule has 1 atom stereocenters. The molecule has 1 amide bonds. The molecular weight excluding hydrogens is 349 g/mol. The van der Waals surface area contributed by atoms with E-state index in [0.717, 1.165) is 36.9 Å². The molecule has 0 spiro atoms. The van der Waals surface area contributed by atoms with Crippen LogP contribution in [-0.2, 0) is 22.4 Å². The zero-order valence-corrected chi connectivity index (χ0v) is 15.2. The van der Waals surface area contributed by atoms with Crippen molar-refractivity contribution >= 4 is 11.9 Å². The molecule has 1 aromatic carbocycles. The van der Waals surface area contributed by atoms with E-state index in [1.165, 1.54) is 19.1 Å². The van der Waals surface area contributed by atoms with Crippen molar-refractivity contribution in [3.8, 4) is 5.69 Å². The zero-order valence-electron chi connectivity index (χ0n) is 15.2. The molecule has 2 aromatic rings. The number of hydrogen-bond acceptors (Lipinski definition) is 4. The third-order valence-corrected chi connectivity index (χ3v) is 4.52. The van der Waals surface area contributed by atoms with Gasteiger partial charge in [0.1, 0.15) is 5.82 Å². The normalized spacial score (nSPS) is 14.1. The van der Waals surface area contributed by atoms with E-state index in [-0.39, 0.29) is 11.5 Å². The number of esters is 1. The van der Waals surface area contributed by atoms with E-state index >= 15 is 0 Å². The van der Waals surface area contributed by atoms with Crippen LogP contribution in [0.4, 0.5) is 4.39 Å². The van der Waals surface area contributed by atoms with E-state index in [0.29, 0.717) is 12.2 Å². The molecule has 1 aromatic heterocycles. The smallest absolute Gasteiger partial charge is 0.359 e. The van der Waals surface area contributed by atoms with E-state index in [2.05, 4.69) is 17.0 Å². The Labute approximate surface area is 157 Å². The molecular formula is C20H22FN3O3. The number of carbonyl (C=O) groups is 2. The summed E-state index contributed by atoms with van der Waals surface area (Å²) in [6.45, 7) is 5.34. The molecule has 1 heterocycles. The molecule has 27 heavy (non-hydrogen) atoms. The molecule has 0 saturated carbocycles. The fraction of sp³-hybridized carbons (Fsp3) is 0.350. The van der Waals surface area contributed by atoms with Crippen molar-refractivity contribution in [2.45, 2.75) is 38.7 Å². The summed E-state index contributed by atoms with van der Waals surface area (Å²) < 4.78 is 20.2. The van der Waals surface area contributed by atoms with Gasteiger partial charge in [-0.1, -0.05) is 6.08 Å². The van der Waals surface area contributed by atoms with E-state index in [1.54, 1.807) is 22.9 Å². The van der Waals surface area contributed by atoms with E-state index in [1.807, 2.05) is 0 Å². The monoisotopic (exact) mass is 371 g/mol. The minimum absolute atomic E-state index is 0.220. The molecule has 7 heteroatoms. The summed E-state index contributed by atoms with van der Waals surface area (Å²) in [6, 6.07) is 5.96. The summed E-state index contributed by atoms with van der Waals surface area (Å²) in [6.07, 6.45) is 4.06. The highest BCUT2D eigenvalue weighted by molar-refractivity contribution is 5.92. The largest absolute Gasteiger partial charge is 0.448 e. The number of nitrogens with one attached hydrogen (secondary N) is 1. The van der Waals surface area contributed by atoms with Crippen LogP contribution in [0.1, 0.15) is 41.5 Å². The molecule has 6 nitrogen and oxygen atoms in total. The van der Waals surface area contributed by atoms with Gasteiger partial charge in [-0.25, -0.2) is 13.9 Å². The van der Waals surface area contributed by atoms with Crippen LogP contribution >= 0.6 is 0 Å². The van der Waals surface area contributed by atoms with Crippen molar-refractivity contribution in [1.29, 1.82) is 0 Å². The number of aromatic nitrogens is 2. The van der Waals surface area contributed by atoms with Crippen molar-refractivity contribution in [3.05, 3.63) is 59.7 Å². The van der Waals surface area contributed by atoms with E-state index in [4.69, 9.17) is 4.74 Å². The Morgan fingerprint density at radius 1 is 1.33 bits per heavy atom. The van der Waals surface area contributed by atoms with Gasteiger partial charge in [-0.05, 0) is 56.9 Å². The third kappa shape index (κ3) is 4.07. The first-order valence-electron chi connectivity index (χ1n) is 8.97. The fourth-order valence-electron chi connectivity index (χ4n) is 3.15. The average Bonchev–Trinajstić information content (AvgIpc) is 3.06. The molecule has 1 aliphatic carbocycles. The van der Waals surface area contributed by atoms with Gasteiger partial charge in [-0.2, -0.15) is 5.10 Å². The van der Waals surface area contributed by atoms with Crippen LogP contribution in [-0.4, -0.2) is 34.3 Å². The number of ether oxygens (including phenoxy) is 1. The molecule has 0 bridgehead atoms. The summed E-state index contributed by atoms with van der Waals surface area (Å²) >= 11 is 0. The summed E-state index contributed by atoms with van der Waals surface area (Å²) in [5, 5.41) is 7.03. The molecule has 1 unspecified atom stereocenters. The Balaban J connectivity index is 1.87. The fourth-order valence-corrected chi connectivity index (χ4v) is 3.15. The van der Waals surface area contributed by atoms with Gasteiger partial charge < -0.3 is 10.1 Å². The first kappa shape index (κ1) is 18.8. The Morgan fingerprint density at radius 2 is 2.04 bits per heavy atom. The molecule has 1 N–H and O–H groups in total. The SMILES string of the molecule is C=CCNC(=O)C(C)OC(=O)c1nn(-c2ccc(F)cc2)c2c1CCCC2. The lowest BCUT2D eigenvalue weighted by molar-refractivity contribution is -0.128. The number of benzene rings is 1. The first-order chi connectivity index (χ1) is 13.0. The van der Waals surface area contributed by atoms with Gasteiger partial charge in [-0.15, -0.1) is 6.58 Å². The van der Waals surface area contributed by atoms with Crippen molar-refractivity contribution < 1.29 is 18.7 Å². The highest BCUT2D eigenvalue weighted by atomic mass is 19.1. The Bertz CT molecular complexity index is 858. The second kappa shape index (κ2) is 8.16. The van der Waals surface area contributed by atoms with Crippen LogP contribution < -0.4 is 5.32 Å². The van der Waals surface area contributed by atoms with Crippen LogP contribution in [0.25, 0.3) is 5.69 Å². The number of halogens is 1. The predicted octanol–water partition coefficient (Wildman–Crippen LogP) is 2.74. The van der Waals surface area contributed by atoms with Gasteiger partial charge in [0.05, 0.1) is 5.69 Å². The molecule has 0 radical (unpaired) electrons. The van der Waals surface area contributed by atoms with Crippen LogP contribution in [0.15, 0.2) is 36.9 Å². The highest BCUT2D eigenvalue weighted by Gasteiger charge is 2.28. The first-order valence-corrected chi connectivity index (χ1v) is 8.97. The average molecular weight is 371 g/mol. The van der Waals surface area contributed by atoms with Gasteiger partial charge >= 0.3 is 5.97 Å². The van der Waals surface area contributed by atoms with Gasteiger partial charge in [0.15, 0.2) is 11.8 Å². The molecule has 0 aliphatic heterocycles. The number of fused-ring (bicyclic) bond motifs is 1. The van der Waals surface area contributed by atoms with E-state index < -0.39 is 18.0 Å². The molecule has 0 fully saturated rings. The lowest BCUT2D eigenvalue weighted by Crippen LogP contribution is -2.36. The highest BCUT2D eigenvalue weighted by Crippen LogP contribution is 2.27. The van der Waals surface area contributed by atoms with Crippen molar-refractivity contribution in [3.63, 3.8) is 0 Å². The molecule has 0 saturated heterocycles. The van der Waals surface area contributed by atoms with Crippen LogP contribution in [0, 0.1) is 5.82 Å². The van der Waals surface area contributed by atoms with Crippen LogP contribution in [0.2, 0.25) is 0 Å². The minimum Gasteiger partial charge on any atom is -0.448 e. The maximum absolute atomic E-state index is 13.2. The topological polar surface area (TPSA) is 73.2 Å². The van der Waals surface area contributed by atoms with E-state index in [9.17, 15) is 14.0 Å². The van der Waals surface area contributed by atoms with Gasteiger partial charge in [0, 0.05) is 17.8 Å². The molecule has 3 rings (SSSR count). The number of nitrogens with zero attached hydrogens (tertiary/aromatic N) is 2. The minimum atomic E-state index is -0.937. The summed E-state index contributed by atoms with van der Waals surface area (Å²) in [5.41, 5.74) is 2.68. The summed E-state index contributed by atoms with van der Waals surface area (Å²) in [5.74, 6) is -1.36. The molecule has 1 aliphatic rings. The second-order valence-electron chi connectivity index (χ2n) is 6.45. The van der Waals surface area contributed by atoms with Crippen molar-refractivity contribution in [1.82, 2.24) is 15.1 Å². The van der Waals surface area contributed by atoms with Crippen LogP contribution in [0.5, 0.6) is 0 Å². The Hall–Kier alpha value is -2.96. The summed E-state index contributed by atoms with van der Waals surface area (Å²) in [7, 11) is 0. The van der Waals surface area contributed by atoms with Crippen LogP contribution in [0.3, 0.4) is 0 Å². The van der Waals surface area contributed by atoms with Crippen molar-refractivity contribution in [2.24, 2.45) is 0 Å². The third-order valence-electron chi connectivity index (χ3n) is 4.52. The lowest BCUT2D eigenvalue weighted by atomic mass is 9.95. The van der Waals surface area contributed by atoms with Crippen molar-refractivity contribution in [2.75, 3.05) is 6.54 Å². The van der Waals surface area contributed by atoms with Gasteiger partial charge in [0.25, 0.3) is 5.91 Å². The lowest BCUT2D eigenvalue weighted by Gasteiger charge is -2.15. The zero-order chi connectivity index (χ0) is 19.4. The maximum atomic E-state index is 13.2. The number of hydrogen-bond donors (Lipinski definition) is 1. The maximum Gasteiger partial charge on any atom is 0.359 e. The Kier molecular flexibility index (Phi) is 5.69. The summed E-state index contributed by atoms with van der Waals surface area (Å²) in [4.78, 5) is 24.6. The Morgan fingerprint density at radius 3 is 2.74 bits per heavy atom. The number of rotatable bonds is 6. The second-order valence-corrected chi connectivity index (χ2v) is 6.45. The number of amides is 1.